The van der Waals surface area contributed by atoms with Gasteiger partial charge in [0.1, 0.15) is 0 Å². The van der Waals surface area contributed by atoms with Crippen molar-refractivity contribution >= 4 is 16.0 Å². The van der Waals surface area contributed by atoms with Crippen LogP contribution >= 0.6 is 0 Å². The summed E-state index contributed by atoms with van der Waals surface area (Å²) in [6, 6.07) is 6.59. The highest BCUT2D eigenvalue weighted by Gasteiger charge is 2.34. The Bertz CT molecular complexity index is 552. The van der Waals surface area contributed by atoms with Gasteiger partial charge in [0.2, 0.25) is 10.0 Å². The first kappa shape index (κ1) is 12.1. The lowest BCUT2D eigenvalue weighted by atomic mass is 9.95. The third-order valence-corrected chi connectivity index (χ3v) is 4.84. The van der Waals surface area contributed by atoms with Gasteiger partial charge in [-0.25, -0.2) is 12.7 Å². The fourth-order valence-electron chi connectivity index (χ4n) is 2.11. The van der Waals surface area contributed by atoms with E-state index in [0.717, 1.165) is 0 Å². The molecule has 5 nitrogen and oxygen atoms in total. The van der Waals surface area contributed by atoms with Crippen LogP contribution in [0.1, 0.15) is 17.9 Å². The van der Waals surface area contributed by atoms with Crippen molar-refractivity contribution in [2.45, 2.75) is 17.2 Å². The largest absolute Gasteiger partial charge is 0.481 e. The molecule has 1 aliphatic heterocycles. The quantitative estimate of drug-likeness (QED) is 0.851. The van der Waals surface area contributed by atoms with Gasteiger partial charge in [-0.15, -0.1) is 0 Å². The molecule has 0 spiro atoms. The Morgan fingerprint density at radius 2 is 2.12 bits per heavy atom. The predicted molar refractivity (Wildman–Crippen MR) is 61.3 cm³/mol. The Labute approximate surface area is 99.7 Å². The van der Waals surface area contributed by atoms with Crippen LogP contribution in [-0.2, 0) is 14.8 Å². The molecule has 6 heteroatoms. The molecule has 0 radical (unpaired) electrons. The monoisotopic (exact) mass is 255 g/mol. The van der Waals surface area contributed by atoms with E-state index in [4.69, 9.17) is 5.11 Å². The predicted octanol–water partition coefficient (Wildman–Crippen LogP) is 0.879. The second-order valence-electron chi connectivity index (χ2n) is 4.12. The van der Waals surface area contributed by atoms with E-state index in [0.29, 0.717) is 5.56 Å². The van der Waals surface area contributed by atoms with Crippen molar-refractivity contribution in [3.8, 4) is 0 Å². The lowest BCUT2D eigenvalue weighted by Crippen LogP contribution is -2.37. The molecule has 2 rings (SSSR count). The van der Waals surface area contributed by atoms with Gasteiger partial charge in [-0.2, -0.15) is 0 Å². The Kier molecular flexibility index (Phi) is 2.92. The maximum Gasteiger partial charge on any atom is 0.304 e. The summed E-state index contributed by atoms with van der Waals surface area (Å²) in [7, 11) is -1.98. The van der Waals surface area contributed by atoms with E-state index >= 15 is 0 Å². The minimum Gasteiger partial charge on any atom is -0.481 e. The van der Waals surface area contributed by atoms with Crippen LogP contribution in [0, 0.1) is 0 Å². The number of nitrogens with zero attached hydrogens (tertiary/aromatic N) is 1. The van der Waals surface area contributed by atoms with Crippen molar-refractivity contribution in [1.82, 2.24) is 4.31 Å². The summed E-state index contributed by atoms with van der Waals surface area (Å²) in [6.07, 6.45) is -0.0587. The standard InChI is InChI=1S/C11H13NO4S/c1-12-7-8(6-11(13)14)9-4-2-3-5-10(9)17(12,15)16/h2-5,8H,6-7H2,1H3,(H,13,14). The van der Waals surface area contributed by atoms with Crippen LogP contribution in [0.4, 0.5) is 0 Å². The van der Waals surface area contributed by atoms with Gasteiger partial charge in [0.05, 0.1) is 11.3 Å². The van der Waals surface area contributed by atoms with Gasteiger partial charge >= 0.3 is 5.97 Å². The first-order chi connectivity index (χ1) is 7.93. The zero-order chi connectivity index (χ0) is 12.6. The summed E-state index contributed by atoms with van der Waals surface area (Å²) in [4.78, 5) is 11.0. The van der Waals surface area contributed by atoms with Crippen molar-refractivity contribution in [2.24, 2.45) is 0 Å². The smallest absolute Gasteiger partial charge is 0.304 e. The Morgan fingerprint density at radius 3 is 2.76 bits per heavy atom. The highest BCUT2D eigenvalue weighted by molar-refractivity contribution is 7.89. The van der Waals surface area contributed by atoms with E-state index in [-0.39, 0.29) is 23.8 Å². The fourth-order valence-corrected chi connectivity index (χ4v) is 3.61. The molecule has 0 saturated heterocycles. The third-order valence-electron chi connectivity index (χ3n) is 2.95. The van der Waals surface area contributed by atoms with Crippen molar-refractivity contribution < 1.29 is 18.3 Å². The van der Waals surface area contributed by atoms with Gasteiger partial charge in [-0.3, -0.25) is 4.79 Å². The molecule has 0 saturated carbocycles. The number of likely N-dealkylation sites (N-methyl/N-ethyl adjacent to an activating group) is 1. The topological polar surface area (TPSA) is 74.7 Å². The normalized spacial score (nSPS) is 23.0. The lowest BCUT2D eigenvalue weighted by Gasteiger charge is -2.30. The van der Waals surface area contributed by atoms with Gasteiger partial charge in [-0.05, 0) is 11.6 Å². The SMILES string of the molecule is CN1CC(CC(=O)O)c2ccccc2S1(=O)=O. The van der Waals surface area contributed by atoms with E-state index in [9.17, 15) is 13.2 Å². The molecular formula is C11H13NO4S. The molecule has 92 valence electrons. The number of carboxylic acid groups (broad SMARTS) is 1. The van der Waals surface area contributed by atoms with Gasteiger partial charge in [0.15, 0.2) is 0 Å². The van der Waals surface area contributed by atoms with E-state index < -0.39 is 16.0 Å². The zero-order valence-electron chi connectivity index (χ0n) is 9.33. The zero-order valence-corrected chi connectivity index (χ0v) is 10.1. The molecule has 0 aliphatic carbocycles. The average Bonchev–Trinajstić information content (AvgIpc) is 2.26. The lowest BCUT2D eigenvalue weighted by molar-refractivity contribution is -0.137. The second kappa shape index (κ2) is 4.12. The summed E-state index contributed by atoms with van der Waals surface area (Å²) < 4.78 is 25.2. The van der Waals surface area contributed by atoms with Crippen LogP contribution in [0.2, 0.25) is 0 Å². The fraction of sp³-hybridized carbons (Fsp3) is 0.364. The number of benzene rings is 1. The number of sulfonamides is 1. The number of rotatable bonds is 2. The molecule has 1 aliphatic rings. The number of carboxylic acids is 1. The van der Waals surface area contributed by atoms with Crippen LogP contribution in [0.5, 0.6) is 0 Å². The van der Waals surface area contributed by atoms with Crippen LogP contribution in [0.15, 0.2) is 29.2 Å². The Hall–Kier alpha value is -1.40. The molecule has 0 amide bonds. The summed E-state index contributed by atoms with van der Waals surface area (Å²) >= 11 is 0. The van der Waals surface area contributed by atoms with Gasteiger partial charge < -0.3 is 5.11 Å². The third kappa shape index (κ3) is 2.05. The number of carbonyl (C=O) groups is 1. The van der Waals surface area contributed by atoms with Gasteiger partial charge in [-0.1, -0.05) is 18.2 Å². The first-order valence-electron chi connectivity index (χ1n) is 5.20. The van der Waals surface area contributed by atoms with Crippen LogP contribution in [0.3, 0.4) is 0 Å². The molecule has 17 heavy (non-hydrogen) atoms. The van der Waals surface area contributed by atoms with Gasteiger partial charge in [0.25, 0.3) is 0 Å². The molecule has 1 N–H and O–H groups in total. The highest BCUT2D eigenvalue weighted by atomic mass is 32.2. The highest BCUT2D eigenvalue weighted by Crippen LogP contribution is 2.34. The Balaban J connectivity index is 2.53. The van der Waals surface area contributed by atoms with E-state index in [1.807, 2.05) is 0 Å². The minimum absolute atomic E-state index is 0.0587. The van der Waals surface area contributed by atoms with Crippen molar-refractivity contribution in [3.63, 3.8) is 0 Å². The molecule has 0 bridgehead atoms. The van der Waals surface area contributed by atoms with E-state index in [1.165, 1.54) is 17.4 Å². The van der Waals surface area contributed by atoms with Crippen LogP contribution in [0.25, 0.3) is 0 Å². The Morgan fingerprint density at radius 1 is 1.47 bits per heavy atom. The maximum absolute atomic E-state index is 12.0. The molecule has 1 heterocycles. The van der Waals surface area contributed by atoms with E-state index in [1.54, 1.807) is 18.2 Å². The molecule has 1 unspecified atom stereocenters. The molecule has 0 fully saturated rings. The van der Waals surface area contributed by atoms with Crippen molar-refractivity contribution in [2.75, 3.05) is 13.6 Å². The second-order valence-corrected chi connectivity index (χ2v) is 6.13. The number of aliphatic carboxylic acids is 1. The molecule has 1 aromatic rings. The van der Waals surface area contributed by atoms with Gasteiger partial charge in [0, 0.05) is 19.5 Å². The summed E-state index contributed by atoms with van der Waals surface area (Å²) in [6.45, 7) is 0.214. The first-order valence-corrected chi connectivity index (χ1v) is 6.64. The average molecular weight is 255 g/mol. The van der Waals surface area contributed by atoms with Crippen LogP contribution in [-0.4, -0.2) is 37.4 Å². The van der Waals surface area contributed by atoms with Crippen molar-refractivity contribution in [1.29, 1.82) is 0 Å². The van der Waals surface area contributed by atoms with Crippen molar-refractivity contribution in [3.05, 3.63) is 29.8 Å². The number of hydrogen-bond donors (Lipinski definition) is 1. The summed E-state index contributed by atoms with van der Waals surface area (Å²) in [5.41, 5.74) is 0.605. The molecular weight excluding hydrogens is 242 g/mol. The molecule has 0 aromatic heterocycles. The summed E-state index contributed by atoms with van der Waals surface area (Å²) in [5.74, 6) is -1.20. The number of fused-ring (bicyclic) bond motifs is 1. The molecule has 1 atom stereocenters. The maximum atomic E-state index is 12.0. The molecule has 1 aromatic carbocycles. The van der Waals surface area contributed by atoms with Crippen LogP contribution < -0.4 is 0 Å². The number of hydrogen-bond acceptors (Lipinski definition) is 3. The summed E-state index contributed by atoms with van der Waals surface area (Å²) in [5, 5.41) is 8.84. The van der Waals surface area contributed by atoms with E-state index in [2.05, 4.69) is 0 Å². The minimum atomic E-state index is -3.45.